The first kappa shape index (κ1) is 24.9. The highest BCUT2D eigenvalue weighted by Gasteiger charge is 2.18. The van der Waals surface area contributed by atoms with Crippen LogP contribution in [0.1, 0.15) is 0 Å². The first-order chi connectivity index (χ1) is 21.3. The SMILES string of the molecule is c1ccc(-c2nc(-c3ccccc3)nc(-c3ccc(-c4ccccc4)c(-n4c5ccccc5c5ccccc54)c3)n2)cc1. The van der Waals surface area contributed by atoms with Gasteiger partial charge in [-0.2, -0.15) is 0 Å². The largest absolute Gasteiger partial charge is 0.309 e. The topological polar surface area (TPSA) is 43.6 Å². The molecule has 0 fully saturated rings. The molecule has 2 heterocycles. The van der Waals surface area contributed by atoms with Crippen molar-refractivity contribution in [1.29, 1.82) is 0 Å². The second-order valence-electron chi connectivity index (χ2n) is 10.5. The van der Waals surface area contributed by atoms with E-state index in [1.165, 1.54) is 10.8 Å². The molecule has 0 spiro atoms. The molecule has 0 N–H and O–H groups in total. The zero-order valence-corrected chi connectivity index (χ0v) is 23.3. The smallest absolute Gasteiger partial charge is 0.164 e. The van der Waals surface area contributed by atoms with Crippen LogP contribution < -0.4 is 0 Å². The van der Waals surface area contributed by atoms with Crippen LogP contribution >= 0.6 is 0 Å². The van der Waals surface area contributed by atoms with Gasteiger partial charge in [0.25, 0.3) is 0 Å². The lowest BCUT2D eigenvalue weighted by Gasteiger charge is -2.16. The predicted molar refractivity (Wildman–Crippen MR) is 176 cm³/mol. The van der Waals surface area contributed by atoms with Crippen LogP contribution in [0.25, 0.3) is 72.8 Å². The first-order valence-corrected chi connectivity index (χ1v) is 14.4. The van der Waals surface area contributed by atoms with Gasteiger partial charge >= 0.3 is 0 Å². The fourth-order valence-electron chi connectivity index (χ4n) is 5.84. The fourth-order valence-corrected chi connectivity index (χ4v) is 5.84. The normalized spacial score (nSPS) is 11.3. The van der Waals surface area contributed by atoms with Crippen molar-refractivity contribution in [1.82, 2.24) is 19.5 Å². The molecule has 0 radical (unpaired) electrons. The lowest BCUT2D eigenvalue weighted by atomic mass is 10.0. The Morgan fingerprint density at radius 1 is 0.349 bits per heavy atom. The Kier molecular flexibility index (Phi) is 6.08. The van der Waals surface area contributed by atoms with Crippen LogP contribution in [-0.2, 0) is 0 Å². The second kappa shape index (κ2) is 10.5. The Morgan fingerprint density at radius 2 is 0.767 bits per heavy atom. The van der Waals surface area contributed by atoms with Crippen LogP contribution in [0.2, 0.25) is 0 Å². The van der Waals surface area contributed by atoms with Crippen LogP contribution in [0.15, 0.2) is 158 Å². The molecule has 6 aromatic carbocycles. The molecule has 2 aromatic heterocycles. The summed E-state index contributed by atoms with van der Waals surface area (Å²) in [5, 5.41) is 2.45. The van der Waals surface area contributed by atoms with E-state index in [0.717, 1.165) is 44.5 Å². The van der Waals surface area contributed by atoms with Gasteiger partial charge in [-0.25, -0.2) is 15.0 Å². The Labute approximate surface area is 249 Å². The van der Waals surface area contributed by atoms with Gasteiger partial charge in [-0.3, -0.25) is 0 Å². The fraction of sp³-hybridized carbons (Fsp3) is 0. The molecule has 4 nitrogen and oxygen atoms in total. The molecule has 43 heavy (non-hydrogen) atoms. The van der Waals surface area contributed by atoms with E-state index in [-0.39, 0.29) is 0 Å². The highest BCUT2D eigenvalue weighted by Crippen LogP contribution is 2.38. The molecular formula is C39H26N4. The van der Waals surface area contributed by atoms with Crippen LogP contribution in [0, 0.1) is 0 Å². The Hall–Kier alpha value is -5.87. The van der Waals surface area contributed by atoms with Crippen LogP contribution in [-0.4, -0.2) is 19.5 Å². The standard InChI is InChI=1S/C39H26N4/c1-4-14-27(15-5-1)31-25-24-30(26-36(31)43-34-22-12-10-20-32(34)33-21-11-13-23-35(33)43)39-41-37(28-16-6-2-7-17-28)40-38(42-39)29-18-8-3-9-19-29/h1-26H. The van der Waals surface area contributed by atoms with E-state index >= 15 is 0 Å². The van der Waals surface area contributed by atoms with Crippen molar-refractivity contribution in [2.24, 2.45) is 0 Å². The van der Waals surface area contributed by atoms with E-state index < -0.39 is 0 Å². The van der Waals surface area contributed by atoms with Gasteiger partial charge in [0.2, 0.25) is 0 Å². The van der Waals surface area contributed by atoms with Gasteiger partial charge in [0.1, 0.15) is 0 Å². The third-order valence-electron chi connectivity index (χ3n) is 7.86. The molecule has 202 valence electrons. The molecule has 0 saturated heterocycles. The quantitative estimate of drug-likeness (QED) is 0.214. The van der Waals surface area contributed by atoms with Crippen molar-refractivity contribution in [2.45, 2.75) is 0 Å². The Morgan fingerprint density at radius 3 is 1.28 bits per heavy atom. The number of hydrogen-bond acceptors (Lipinski definition) is 3. The molecule has 0 bridgehead atoms. The Balaban J connectivity index is 1.41. The maximum absolute atomic E-state index is 5.02. The minimum Gasteiger partial charge on any atom is -0.309 e. The number of fused-ring (bicyclic) bond motifs is 3. The molecular weight excluding hydrogens is 524 g/mol. The maximum Gasteiger partial charge on any atom is 0.164 e. The second-order valence-corrected chi connectivity index (χ2v) is 10.5. The van der Waals surface area contributed by atoms with Crippen molar-refractivity contribution >= 4 is 21.8 Å². The molecule has 0 aliphatic carbocycles. The van der Waals surface area contributed by atoms with E-state index in [2.05, 4.69) is 102 Å². The Bertz CT molecular complexity index is 2110. The van der Waals surface area contributed by atoms with Crippen molar-refractivity contribution < 1.29 is 0 Å². The molecule has 0 atom stereocenters. The average Bonchev–Trinajstić information content (AvgIpc) is 3.43. The van der Waals surface area contributed by atoms with Crippen LogP contribution in [0.4, 0.5) is 0 Å². The molecule has 0 unspecified atom stereocenters. The van der Waals surface area contributed by atoms with E-state index in [9.17, 15) is 0 Å². The number of rotatable bonds is 5. The van der Waals surface area contributed by atoms with Crippen molar-refractivity contribution in [3.05, 3.63) is 158 Å². The monoisotopic (exact) mass is 550 g/mol. The van der Waals surface area contributed by atoms with Gasteiger partial charge < -0.3 is 4.57 Å². The minimum absolute atomic E-state index is 0.634. The lowest BCUT2D eigenvalue weighted by Crippen LogP contribution is -2.02. The van der Waals surface area contributed by atoms with Crippen LogP contribution in [0.5, 0.6) is 0 Å². The molecule has 0 amide bonds. The number of para-hydroxylation sites is 2. The predicted octanol–water partition coefficient (Wildman–Crippen LogP) is 9.64. The van der Waals surface area contributed by atoms with Crippen molar-refractivity contribution in [3.8, 4) is 51.0 Å². The molecule has 0 saturated carbocycles. The summed E-state index contributed by atoms with van der Waals surface area (Å²) in [6, 6.07) is 54.5. The minimum atomic E-state index is 0.634. The molecule has 0 aliphatic rings. The molecule has 8 aromatic rings. The third kappa shape index (κ3) is 4.46. The number of nitrogens with zero attached hydrogens (tertiary/aromatic N) is 4. The number of hydrogen-bond donors (Lipinski definition) is 0. The summed E-state index contributed by atoms with van der Waals surface area (Å²) < 4.78 is 2.37. The highest BCUT2D eigenvalue weighted by molar-refractivity contribution is 6.09. The molecule has 8 rings (SSSR count). The summed E-state index contributed by atoms with van der Waals surface area (Å²) >= 11 is 0. The summed E-state index contributed by atoms with van der Waals surface area (Å²) in [6.45, 7) is 0. The van der Waals surface area contributed by atoms with Crippen molar-refractivity contribution in [3.63, 3.8) is 0 Å². The van der Waals surface area contributed by atoms with Gasteiger partial charge in [-0.1, -0.05) is 140 Å². The van der Waals surface area contributed by atoms with E-state index in [1.54, 1.807) is 0 Å². The van der Waals surface area contributed by atoms with E-state index in [0.29, 0.717) is 17.5 Å². The number of benzene rings is 6. The van der Waals surface area contributed by atoms with Crippen molar-refractivity contribution in [2.75, 3.05) is 0 Å². The van der Waals surface area contributed by atoms with Crippen LogP contribution in [0.3, 0.4) is 0 Å². The molecule has 4 heteroatoms. The van der Waals surface area contributed by atoms with E-state index in [4.69, 9.17) is 15.0 Å². The highest BCUT2D eigenvalue weighted by atomic mass is 15.0. The summed E-state index contributed by atoms with van der Waals surface area (Å²) in [4.78, 5) is 14.9. The molecule has 0 aliphatic heterocycles. The maximum atomic E-state index is 5.02. The average molecular weight is 551 g/mol. The van der Waals surface area contributed by atoms with Gasteiger partial charge in [-0.15, -0.1) is 0 Å². The van der Waals surface area contributed by atoms with Gasteiger partial charge in [0.05, 0.1) is 16.7 Å². The van der Waals surface area contributed by atoms with Gasteiger partial charge in [-0.05, 0) is 23.8 Å². The summed E-state index contributed by atoms with van der Waals surface area (Å²) in [7, 11) is 0. The zero-order valence-electron chi connectivity index (χ0n) is 23.3. The summed E-state index contributed by atoms with van der Waals surface area (Å²) in [5.41, 5.74) is 8.50. The zero-order chi connectivity index (χ0) is 28.6. The van der Waals surface area contributed by atoms with Gasteiger partial charge in [0, 0.05) is 33.0 Å². The summed E-state index contributed by atoms with van der Waals surface area (Å²) in [5.74, 6) is 1.93. The van der Waals surface area contributed by atoms with E-state index in [1.807, 2.05) is 60.7 Å². The van der Waals surface area contributed by atoms with Gasteiger partial charge in [0.15, 0.2) is 17.5 Å². The first-order valence-electron chi connectivity index (χ1n) is 14.4. The third-order valence-corrected chi connectivity index (χ3v) is 7.86. The summed E-state index contributed by atoms with van der Waals surface area (Å²) in [6.07, 6.45) is 0. The number of aromatic nitrogens is 4. The lowest BCUT2D eigenvalue weighted by molar-refractivity contribution is 1.07.